The maximum absolute atomic E-state index is 12.4. The lowest BCUT2D eigenvalue weighted by Gasteiger charge is -2.39. The summed E-state index contributed by atoms with van der Waals surface area (Å²) in [6, 6.07) is 11.5. The monoisotopic (exact) mass is 390 g/mol. The minimum Gasteiger partial charge on any atom is -0.444 e. The van der Waals surface area contributed by atoms with Crippen LogP contribution in [0.3, 0.4) is 0 Å². The van der Waals surface area contributed by atoms with Gasteiger partial charge in [0.25, 0.3) is 0 Å². The van der Waals surface area contributed by atoms with Crippen LogP contribution in [0.5, 0.6) is 0 Å². The molecule has 0 fully saturated rings. The molecule has 0 aliphatic carbocycles. The van der Waals surface area contributed by atoms with E-state index < -0.39 is 32.2 Å². The van der Waals surface area contributed by atoms with Crippen LogP contribution in [0.25, 0.3) is 0 Å². The van der Waals surface area contributed by atoms with Gasteiger partial charge in [0.2, 0.25) is 0 Å². The van der Waals surface area contributed by atoms with Crippen molar-refractivity contribution in [2.75, 3.05) is 0 Å². The Hall–Kier alpha value is -1.84. The molecular weight excluding hydrogens is 356 g/mol. The summed E-state index contributed by atoms with van der Waals surface area (Å²) < 4.78 is 11.7. The van der Waals surface area contributed by atoms with Gasteiger partial charge in [-0.25, -0.2) is 4.79 Å². The number of hydrogen-bond donors (Lipinski definition) is 1. The van der Waals surface area contributed by atoms with Crippen LogP contribution >= 0.6 is 0 Å². The molecule has 0 aliphatic heterocycles. The lowest BCUT2D eigenvalue weighted by Crippen LogP contribution is -2.52. The van der Waals surface area contributed by atoms with E-state index in [1.54, 1.807) is 0 Å². The predicted molar refractivity (Wildman–Crippen MR) is 111 cm³/mol. The van der Waals surface area contributed by atoms with Crippen molar-refractivity contribution in [1.29, 1.82) is 5.26 Å². The van der Waals surface area contributed by atoms with Gasteiger partial charge in [-0.1, -0.05) is 51.1 Å². The zero-order valence-corrected chi connectivity index (χ0v) is 18.9. The van der Waals surface area contributed by atoms with Crippen molar-refractivity contribution in [2.45, 2.75) is 83.8 Å². The van der Waals surface area contributed by atoms with Gasteiger partial charge >= 0.3 is 6.09 Å². The van der Waals surface area contributed by atoms with Crippen molar-refractivity contribution < 1.29 is 14.0 Å². The number of nitrogens with zero attached hydrogens (tertiary/aromatic N) is 1. The molecule has 1 aromatic carbocycles. The van der Waals surface area contributed by atoms with Crippen LogP contribution in [0.4, 0.5) is 4.79 Å². The molecule has 0 saturated carbocycles. The first-order valence-corrected chi connectivity index (χ1v) is 12.3. The maximum Gasteiger partial charge on any atom is 0.408 e. The van der Waals surface area contributed by atoms with Gasteiger partial charge in [-0.2, -0.15) is 5.26 Å². The third-order valence-corrected chi connectivity index (χ3v) is 9.18. The van der Waals surface area contributed by atoms with Gasteiger partial charge in [0.05, 0.1) is 12.1 Å². The fourth-order valence-corrected chi connectivity index (χ4v) is 3.46. The smallest absolute Gasteiger partial charge is 0.408 e. The van der Waals surface area contributed by atoms with E-state index in [4.69, 9.17) is 9.16 Å². The first kappa shape index (κ1) is 23.2. The summed E-state index contributed by atoms with van der Waals surface area (Å²) >= 11 is 0. The lowest BCUT2D eigenvalue weighted by atomic mass is 10.0. The summed E-state index contributed by atoms with van der Waals surface area (Å²) in [5.41, 5.74) is 0.418. The Morgan fingerprint density at radius 1 is 1.15 bits per heavy atom. The van der Waals surface area contributed by atoms with E-state index in [1.807, 2.05) is 51.1 Å². The second-order valence-corrected chi connectivity index (χ2v) is 14.1. The molecular formula is C21H34N2O3Si. The van der Waals surface area contributed by atoms with Gasteiger partial charge in [-0.3, -0.25) is 0 Å². The van der Waals surface area contributed by atoms with E-state index in [2.05, 4.69) is 45.3 Å². The van der Waals surface area contributed by atoms with Gasteiger partial charge < -0.3 is 14.5 Å². The van der Waals surface area contributed by atoms with Gasteiger partial charge in [-0.15, -0.1) is 0 Å². The van der Waals surface area contributed by atoms with Gasteiger partial charge in [0.15, 0.2) is 14.4 Å². The molecule has 2 unspecified atom stereocenters. The Kier molecular flexibility index (Phi) is 7.64. The van der Waals surface area contributed by atoms with Crippen molar-refractivity contribution in [2.24, 2.45) is 0 Å². The maximum atomic E-state index is 12.4. The van der Waals surface area contributed by atoms with E-state index in [0.717, 1.165) is 5.56 Å². The number of nitriles is 1. The average molecular weight is 391 g/mol. The molecule has 1 aromatic rings. The standard InChI is InChI=1S/C21H34N2O3Si/c1-20(2,3)25-19(24)23-17(14-16-12-10-9-11-13-16)18(15-22)26-27(7,8)21(4,5)6/h9-13,17-18H,14H2,1-8H3,(H,23,24). The summed E-state index contributed by atoms with van der Waals surface area (Å²) in [7, 11) is -2.18. The van der Waals surface area contributed by atoms with Crippen LogP contribution in [0, 0.1) is 11.3 Å². The van der Waals surface area contributed by atoms with Crippen molar-refractivity contribution in [3.63, 3.8) is 0 Å². The molecule has 150 valence electrons. The van der Waals surface area contributed by atoms with Gasteiger partial charge in [0, 0.05) is 0 Å². The van der Waals surface area contributed by atoms with Crippen LogP contribution in [-0.4, -0.2) is 32.2 Å². The van der Waals surface area contributed by atoms with Crippen molar-refractivity contribution >= 4 is 14.4 Å². The van der Waals surface area contributed by atoms with E-state index in [9.17, 15) is 10.1 Å². The van der Waals surface area contributed by atoms with E-state index in [-0.39, 0.29) is 5.04 Å². The molecule has 1 N–H and O–H groups in total. The first-order valence-electron chi connectivity index (χ1n) is 9.36. The molecule has 1 rings (SSSR count). The number of carbonyl (C=O) groups excluding carboxylic acids is 1. The average Bonchev–Trinajstić information content (AvgIpc) is 2.50. The quantitative estimate of drug-likeness (QED) is 0.691. The van der Waals surface area contributed by atoms with Gasteiger partial charge in [-0.05, 0) is 50.9 Å². The molecule has 1 amide bonds. The fraction of sp³-hybridized carbons (Fsp3) is 0.619. The normalized spacial score (nSPS) is 14.8. The third-order valence-electron chi connectivity index (χ3n) is 4.72. The van der Waals surface area contributed by atoms with Crippen LogP contribution in [0.2, 0.25) is 18.1 Å². The highest BCUT2D eigenvalue weighted by Crippen LogP contribution is 2.37. The Balaban J connectivity index is 3.06. The number of amides is 1. The number of carbonyl (C=O) groups is 1. The number of hydrogen-bond acceptors (Lipinski definition) is 4. The fourth-order valence-electron chi connectivity index (χ4n) is 2.25. The molecule has 0 spiro atoms. The van der Waals surface area contributed by atoms with Crippen molar-refractivity contribution in [3.8, 4) is 6.07 Å². The zero-order chi connectivity index (χ0) is 20.9. The molecule has 6 heteroatoms. The van der Waals surface area contributed by atoms with E-state index in [0.29, 0.717) is 6.42 Å². The molecule has 0 heterocycles. The number of alkyl carbamates (subject to hydrolysis) is 1. The Morgan fingerprint density at radius 3 is 2.15 bits per heavy atom. The van der Waals surface area contributed by atoms with Crippen LogP contribution in [0.15, 0.2) is 30.3 Å². The third kappa shape index (κ3) is 7.73. The second kappa shape index (κ2) is 8.90. The highest BCUT2D eigenvalue weighted by Gasteiger charge is 2.41. The van der Waals surface area contributed by atoms with E-state index in [1.165, 1.54) is 0 Å². The van der Waals surface area contributed by atoms with Crippen molar-refractivity contribution in [1.82, 2.24) is 5.32 Å². The van der Waals surface area contributed by atoms with Crippen molar-refractivity contribution in [3.05, 3.63) is 35.9 Å². The summed E-state index contributed by atoms with van der Waals surface area (Å²) in [6.07, 6.45) is -0.798. The molecule has 0 bridgehead atoms. The predicted octanol–water partition coefficient (Wildman–Crippen LogP) is 5.04. The Bertz CT molecular complexity index is 655. The molecule has 5 nitrogen and oxygen atoms in total. The molecule has 0 saturated heterocycles. The second-order valence-electron chi connectivity index (χ2n) is 9.37. The SMILES string of the molecule is CC(C)(C)OC(=O)NC(Cc1ccccc1)C(C#N)O[Si](C)(C)C(C)(C)C. The molecule has 2 atom stereocenters. The zero-order valence-electron chi connectivity index (χ0n) is 17.9. The number of rotatable bonds is 6. The summed E-state index contributed by atoms with van der Waals surface area (Å²) in [5, 5.41) is 12.6. The highest BCUT2D eigenvalue weighted by molar-refractivity contribution is 6.74. The van der Waals surface area contributed by atoms with Crippen LogP contribution in [-0.2, 0) is 15.6 Å². The summed E-state index contributed by atoms with van der Waals surface area (Å²) in [6.45, 7) is 16.0. The summed E-state index contributed by atoms with van der Waals surface area (Å²) in [5.74, 6) is 0. The van der Waals surface area contributed by atoms with E-state index >= 15 is 0 Å². The first-order chi connectivity index (χ1) is 12.2. The lowest BCUT2D eigenvalue weighted by molar-refractivity contribution is 0.0464. The minimum atomic E-state index is -2.18. The topological polar surface area (TPSA) is 71.3 Å². The minimum absolute atomic E-state index is 0.0364. The molecule has 27 heavy (non-hydrogen) atoms. The number of nitrogens with one attached hydrogen (secondary N) is 1. The van der Waals surface area contributed by atoms with Crippen LogP contribution < -0.4 is 5.32 Å². The van der Waals surface area contributed by atoms with Crippen LogP contribution in [0.1, 0.15) is 47.1 Å². The molecule has 0 aromatic heterocycles. The highest BCUT2D eigenvalue weighted by atomic mass is 28.4. The summed E-state index contributed by atoms with van der Waals surface area (Å²) in [4.78, 5) is 12.4. The number of ether oxygens (including phenoxy) is 1. The Labute approximate surface area is 165 Å². The number of benzene rings is 1. The molecule has 0 radical (unpaired) electrons. The van der Waals surface area contributed by atoms with Gasteiger partial charge in [0.1, 0.15) is 5.60 Å². The molecule has 0 aliphatic rings. The largest absolute Gasteiger partial charge is 0.444 e. The Morgan fingerprint density at radius 2 is 1.70 bits per heavy atom.